The van der Waals surface area contributed by atoms with Gasteiger partial charge in [0.15, 0.2) is 0 Å². The highest BCUT2D eigenvalue weighted by Crippen LogP contribution is 2.30. The highest BCUT2D eigenvalue weighted by atomic mass is 16.6. The van der Waals surface area contributed by atoms with E-state index in [1.165, 1.54) is 0 Å². The molecule has 0 aliphatic rings. The van der Waals surface area contributed by atoms with Crippen LogP contribution in [0.1, 0.15) is 0 Å². The van der Waals surface area contributed by atoms with Gasteiger partial charge >= 0.3 is 7.32 Å². The van der Waals surface area contributed by atoms with Crippen molar-refractivity contribution in [3.8, 4) is 5.75 Å². The minimum atomic E-state index is -1.86. The third-order valence-corrected chi connectivity index (χ3v) is 2.66. The number of benzene rings is 1. The van der Waals surface area contributed by atoms with Gasteiger partial charge in [0.05, 0.1) is 5.52 Å². The number of nitrogens with zero attached hydrogens (tertiary/aromatic N) is 2. The van der Waals surface area contributed by atoms with Crippen LogP contribution in [0.15, 0.2) is 42.7 Å². The zero-order chi connectivity index (χ0) is 12.5. The average Bonchev–Trinajstić information content (AvgIpc) is 2.38. The Hall–Kier alpha value is -2.18. The van der Waals surface area contributed by atoms with Crippen LogP contribution < -0.4 is 4.65 Å². The maximum Gasteiger partial charge on any atom is 0.707 e. The third kappa shape index (κ3) is 1.77. The predicted molar refractivity (Wildman–Crippen MR) is 67.9 cm³/mol. The first-order valence-corrected chi connectivity index (χ1v) is 5.41. The second-order valence-electron chi connectivity index (χ2n) is 3.79. The molecule has 1 aromatic carbocycles. The van der Waals surface area contributed by atoms with Gasteiger partial charge in [-0.1, -0.05) is 6.07 Å². The van der Waals surface area contributed by atoms with E-state index in [0.717, 1.165) is 10.9 Å². The maximum absolute atomic E-state index is 8.93. The van der Waals surface area contributed by atoms with Crippen molar-refractivity contribution in [1.29, 1.82) is 0 Å². The molecule has 0 aliphatic heterocycles. The fourth-order valence-corrected chi connectivity index (χ4v) is 1.95. The second-order valence-corrected chi connectivity index (χ2v) is 3.79. The first-order chi connectivity index (χ1) is 8.75. The van der Waals surface area contributed by atoms with Crippen molar-refractivity contribution in [1.82, 2.24) is 9.97 Å². The molecule has 0 amide bonds. The van der Waals surface area contributed by atoms with E-state index in [1.54, 1.807) is 36.7 Å². The lowest BCUT2D eigenvalue weighted by atomic mass is 10.1. The van der Waals surface area contributed by atoms with Crippen LogP contribution in [0.5, 0.6) is 5.75 Å². The SMILES string of the molecule is OB(O)Oc1cc2cccnc2c2ncccc12. The Labute approximate surface area is 103 Å². The second kappa shape index (κ2) is 4.25. The molecule has 0 fully saturated rings. The van der Waals surface area contributed by atoms with Crippen LogP contribution in [0, 0.1) is 0 Å². The van der Waals surface area contributed by atoms with Crippen molar-refractivity contribution in [2.45, 2.75) is 0 Å². The zero-order valence-electron chi connectivity index (χ0n) is 9.32. The highest BCUT2D eigenvalue weighted by molar-refractivity contribution is 6.34. The van der Waals surface area contributed by atoms with Crippen LogP contribution in [-0.4, -0.2) is 27.3 Å². The molecule has 2 heterocycles. The van der Waals surface area contributed by atoms with E-state index in [9.17, 15) is 0 Å². The molecule has 0 atom stereocenters. The molecule has 2 aromatic heterocycles. The number of hydrogen-bond acceptors (Lipinski definition) is 5. The Morgan fingerprint density at radius 1 is 1.00 bits per heavy atom. The van der Waals surface area contributed by atoms with Gasteiger partial charge in [0, 0.05) is 23.2 Å². The Kier molecular flexibility index (Phi) is 2.58. The molecular weight excluding hydrogens is 231 g/mol. The monoisotopic (exact) mass is 240 g/mol. The minimum Gasteiger partial charge on any atom is -0.511 e. The first kappa shape index (κ1) is 10.9. The summed E-state index contributed by atoms with van der Waals surface area (Å²) in [5.74, 6) is 0.369. The molecule has 3 rings (SSSR count). The Balaban J connectivity index is 2.39. The third-order valence-electron chi connectivity index (χ3n) is 2.66. The summed E-state index contributed by atoms with van der Waals surface area (Å²) >= 11 is 0. The summed E-state index contributed by atoms with van der Waals surface area (Å²) in [6, 6.07) is 8.94. The standard InChI is InChI=1S/C12H9BN2O3/c16-13(17)18-10-7-8-3-1-5-14-11(8)12-9(10)4-2-6-15-12/h1-7,16-17H. The molecule has 3 aromatic rings. The van der Waals surface area contributed by atoms with Crippen LogP contribution in [0.4, 0.5) is 0 Å². The lowest BCUT2D eigenvalue weighted by Gasteiger charge is -2.10. The van der Waals surface area contributed by atoms with Crippen molar-refractivity contribution in [2.75, 3.05) is 0 Å². The van der Waals surface area contributed by atoms with E-state index in [4.69, 9.17) is 14.7 Å². The summed E-state index contributed by atoms with van der Waals surface area (Å²) < 4.78 is 4.98. The van der Waals surface area contributed by atoms with E-state index in [1.807, 2.05) is 6.07 Å². The molecule has 0 bridgehead atoms. The Bertz CT molecular complexity index is 718. The minimum absolute atomic E-state index is 0.369. The summed E-state index contributed by atoms with van der Waals surface area (Å²) in [7, 11) is -1.86. The molecule has 0 radical (unpaired) electrons. The largest absolute Gasteiger partial charge is 0.707 e. The van der Waals surface area contributed by atoms with E-state index < -0.39 is 7.32 Å². The summed E-state index contributed by atoms with van der Waals surface area (Å²) in [5.41, 5.74) is 1.43. The van der Waals surface area contributed by atoms with Gasteiger partial charge in [0.25, 0.3) is 0 Å². The van der Waals surface area contributed by atoms with Gasteiger partial charge in [-0.3, -0.25) is 9.97 Å². The van der Waals surface area contributed by atoms with Crippen molar-refractivity contribution in [3.63, 3.8) is 0 Å². The van der Waals surface area contributed by atoms with Gasteiger partial charge in [-0.2, -0.15) is 0 Å². The molecule has 0 saturated carbocycles. The average molecular weight is 240 g/mol. The molecule has 0 spiro atoms. The lowest BCUT2D eigenvalue weighted by Crippen LogP contribution is -2.20. The zero-order valence-corrected chi connectivity index (χ0v) is 9.32. The smallest absolute Gasteiger partial charge is 0.511 e. The van der Waals surface area contributed by atoms with Gasteiger partial charge in [0.1, 0.15) is 11.3 Å². The summed E-state index contributed by atoms with van der Waals surface area (Å²) in [5, 5.41) is 19.4. The normalized spacial score (nSPS) is 10.8. The number of aromatic nitrogens is 2. The highest BCUT2D eigenvalue weighted by Gasteiger charge is 2.15. The lowest BCUT2D eigenvalue weighted by molar-refractivity contribution is 0.290. The Morgan fingerprint density at radius 3 is 2.50 bits per heavy atom. The van der Waals surface area contributed by atoms with Crippen molar-refractivity contribution < 1.29 is 14.7 Å². The Morgan fingerprint density at radius 2 is 1.72 bits per heavy atom. The van der Waals surface area contributed by atoms with Crippen LogP contribution in [0.3, 0.4) is 0 Å². The van der Waals surface area contributed by atoms with Gasteiger partial charge in [-0.25, -0.2) is 0 Å². The quantitative estimate of drug-likeness (QED) is 0.518. The fraction of sp³-hybridized carbons (Fsp3) is 0. The fourth-order valence-electron chi connectivity index (χ4n) is 1.95. The van der Waals surface area contributed by atoms with Crippen molar-refractivity contribution in [3.05, 3.63) is 42.7 Å². The van der Waals surface area contributed by atoms with Gasteiger partial charge in [0.2, 0.25) is 0 Å². The van der Waals surface area contributed by atoms with E-state index in [-0.39, 0.29) is 0 Å². The molecule has 5 nitrogen and oxygen atoms in total. The van der Waals surface area contributed by atoms with E-state index >= 15 is 0 Å². The van der Waals surface area contributed by atoms with Crippen LogP contribution in [-0.2, 0) is 0 Å². The molecule has 18 heavy (non-hydrogen) atoms. The predicted octanol–water partition coefficient (Wildman–Crippen LogP) is 1.13. The molecule has 0 unspecified atom stereocenters. The van der Waals surface area contributed by atoms with Crippen LogP contribution in [0.2, 0.25) is 0 Å². The van der Waals surface area contributed by atoms with E-state index in [2.05, 4.69) is 9.97 Å². The van der Waals surface area contributed by atoms with Crippen molar-refractivity contribution >= 4 is 29.1 Å². The number of fused-ring (bicyclic) bond motifs is 3. The molecular formula is C12H9BN2O3. The molecule has 2 N–H and O–H groups in total. The van der Waals surface area contributed by atoms with Gasteiger partial charge in [-0.15, -0.1) is 0 Å². The molecule has 88 valence electrons. The van der Waals surface area contributed by atoms with Gasteiger partial charge < -0.3 is 14.7 Å². The topological polar surface area (TPSA) is 75.5 Å². The first-order valence-electron chi connectivity index (χ1n) is 5.41. The molecule has 0 aliphatic carbocycles. The summed E-state index contributed by atoms with van der Waals surface area (Å²) in [4.78, 5) is 8.56. The van der Waals surface area contributed by atoms with E-state index in [0.29, 0.717) is 16.7 Å². The van der Waals surface area contributed by atoms with Crippen molar-refractivity contribution in [2.24, 2.45) is 0 Å². The summed E-state index contributed by atoms with van der Waals surface area (Å²) in [6.07, 6.45) is 3.35. The molecule has 0 saturated heterocycles. The van der Waals surface area contributed by atoms with Crippen LogP contribution >= 0.6 is 0 Å². The molecule has 6 heteroatoms. The van der Waals surface area contributed by atoms with Gasteiger partial charge in [-0.05, 0) is 24.3 Å². The number of hydrogen-bond donors (Lipinski definition) is 2. The number of rotatable bonds is 2. The summed E-state index contributed by atoms with van der Waals surface area (Å²) in [6.45, 7) is 0. The maximum atomic E-state index is 8.93. The number of pyridine rings is 2. The van der Waals surface area contributed by atoms with Crippen LogP contribution in [0.25, 0.3) is 21.8 Å².